The molecule has 1 aromatic rings. The minimum atomic E-state index is -0.753. The topological polar surface area (TPSA) is 92.0 Å². The Morgan fingerprint density at radius 1 is 1.34 bits per heavy atom. The number of terminal acetylenes is 1. The summed E-state index contributed by atoms with van der Waals surface area (Å²) < 4.78 is 1.72. The molecule has 3 unspecified atom stereocenters. The highest BCUT2D eigenvalue weighted by Crippen LogP contribution is 2.57. The largest absolute Gasteiger partial charge is 0.355 e. The van der Waals surface area contributed by atoms with E-state index in [4.69, 9.17) is 6.42 Å². The molecule has 4 rings (SSSR count). The fourth-order valence-electron chi connectivity index (χ4n) is 5.29. The summed E-state index contributed by atoms with van der Waals surface area (Å²) in [6, 6.07) is -0.292. The summed E-state index contributed by atoms with van der Waals surface area (Å²) in [5.74, 6) is 2.36. The molecule has 0 aromatic carbocycles. The highest BCUT2D eigenvalue weighted by molar-refractivity contribution is 5.95. The van der Waals surface area contributed by atoms with Gasteiger partial charge in [-0.25, -0.2) is 0 Å². The fraction of sp³-hybridized carbons (Fsp3) is 0.667. The Bertz CT molecular complexity index is 878. The van der Waals surface area contributed by atoms with E-state index in [1.165, 1.54) is 0 Å². The number of likely N-dealkylation sites (tertiary alicyclic amines) is 1. The Hall–Kier alpha value is -2.69. The zero-order chi connectivity index (χ0) is 20.6. The molecule has 1 N–H and O–H groups in total. The lowest BCUT2D eigenvalue weighted by molar-refractivity contribution is -0.140. The van der Waals surface area contributed by atoms with Gasteiger partial charge in [0.1, 0.15) is 0 Å². The van der Waals surface area contributed by atoms with Crippen LogP contribution < -0.4 is 5.32 Å². The second-order valence-electron chi connectivity index (χ2n) is 8.53. The molecule has 2 amide bonds. The maximum atomic E-state index is 13.6. The Morgan fingerprint density at radius 3 is 2.79 bits per heavy atom. The first-order valence-corrected chi connectivity index (χ1v) is 10.3. The van der Waals surface area contributed by atoms with Crippen molar-refractivity contribution in [1.82, 2.24) is 20.0 Å². The Balaban J connectivity index is 1.55. The molecule has 0 bridgehead atoms. The van der Waals surface area contributed by atoms with Crippen molar-refractivity contribution in [2.45, 2.75) is 56.7 Å². The van der Waals surface area contributed by atoms with E-state index in [9.17, 15) is 9.59 Å². The van der Waals surface area contributed by atoms with Gasteiger partial charge in [-0.2, -0.15) is 15.3 Å². The Labute approximate surface area is 171 Å². The average Bonchev–Trinajstić information content (AvgIpc) is 3.30. The number of nitrogens with one attached hydrogen (secondary N) is 1. The van der Waals surface area contributed by atoms with Crippen LogP contribution in [-0.4, -0.2) is 45.8 Å². The lowest BCUT2D eigenvalue weighted by Crippen LogP contribution is -2.50. The zero-order valence-electron chi connectivity index (χ0n) is 17.1. The summed E-state index contributed by atoms with van der Waals surface area (Å²) >= 11 is 0. The molecule has 154 valence electrons. The lowest BCUT2D eigenvalue weighted by atomic mass is 9.63. The second kappa shape index (κ2) is 7.29. The predicted molar refractivity (Wildman–Crippen MR) is 106 cm³/mol. The first kappa shape index (κ1) is 19.6. The normalized spacial score (nSPS) is 29.4. The van der Waals surface area contributed by atoms with Gasteiger partial charge in [0, 0.05) is 51.7 Å². The van der Waals surface area contributed by atoms with E-state index >= 15 is 0 Å². The van der Waals surface area contributed by atoms with E-state index in [0.717, 1.165) is 24.8 Å². The van der Waals surface area contributed by atoms with Gasteiger partial charge in [0.05, 0.1) is 23.6 Å². The van der Waals surface area contributed by atoms with Crippen LogP contribution in [0.1, 0.15) is 56.6 Å². The van der Waals surface area contributed by atoms with Crippen molar-refractivity contribution in [2.75, 3.05) is 13.6 Å². The summed E-state index contributed by atoms with van der Waals surface area (Å²) in [5, 5.41) is 15.7. The third kappa shape index (κ3) is 3.22. The second-order valence-corrected chi connectivity index (χ2v) is 8.53. The molecular weight excluding hydrogens is 368 g/mol. The Kier molecular flexibility index (Phi) is 4.93. The van der Waals surface area contributed by atoms with E-state index < -0.39 is 11.1 Å². The first-order valence-electron chi connectivity index (χ1n) is 10.3. The molecule has 3 atom stereocenters. The highest BCUT2D eigenvalue weighted by atomic mass is 16.2. The minimum Gasteiger partial charge on any atom is -0.355 e. The summed E-state index contributed by atoms with van der Waals surface area (Å²) in [6.45, 7) is 0.475. The van der Waals surface area contributed by atoms with Crippen LogP contribution >= 0.6 is 0 Å². The first-order chi connectivity index (χ1) is 13.9. The third-order valence-electron chi connectivity index (χ3n) is 6.80. The van der Waals surface area contributed by atoms with Crippen molar-refractivity contribution in [3.63, 3.8) is 0 Å². The zero-order valence-corrected chi connectivity index (χ0v) is 17.1. The minimum absolute atomic E-state index is 0.0403. The number of carbonyl (C=O) groups excluding carboxylic acids is 2. The quantitative estimate of drug-likeness (QED) is 0.716. The molecule has 2 aliphatic heterocycles. The number of carbonyl (C=O) groups is 2. The summed E-state index contributed by atoms with van der Waals surface area (Å²) in [6.07, 6.45) is 14.4. The van der Waals surface area contributed by atoms with Gasteiger partial charge in [-0.05, 0) is 12.8 Å². The number of fused-ring (bicyclic) bond motifs is 1. The van der Waals surface area contributed by atoms with E-state index in [1.807, 2.05) is 20.3 Å². The molecule has 3 heterocycles. The van der Waals surface area contributed by atoms with Crippen LogP contribution in [0, 0.1) is 23.7 Å². The molecule has 8 nitrogen and oxygen atoms in total. The van der Waals surface area contributed by atoms with Crippen molar-refractivity contribution in [1.29, 1.82) is 0 Å². The maximum Gasteiger partial charge on any atom is 0.229 e. The van der Waals surface area contributed by atoms with Gasteiger partial charge >= 0.3 is 0 Å². The van der Waals surface area contributed by atoms with Crippen molar-refractivity contribution in [3.8, 4) is 12.3 Å². The maximum absolute atomic E-state index is 13.6. The van der Waals surface area contributed by atoms with Crippen LogP contribution in [0.3, 0.4) is 0 Å². The van der Waals surface area contributed by atoms with E-state index in [2.05, 4.69) is 26.6 Å². The number of amides is 2. The molecular formula is C21H28N6O2. The summed E-state index contributed by atoms with van der Waals surface area (Å²) in [4.78, 5) is 28.4. The van der Waals surface area contributed by atoms with Crippen molar-refractivity contribution < 1.29 is 9.59 Å². The van der Waals surface area contributed by atoms with Gasteiger partial charge in [0.15, 0.2) is 5.66 Å². The monoisotopic (exact) mass is 396 g/mol. The molecule has 0 radical (unpaired) electrons. The number of nitrogens with zero attached hydrogens (tertiary/aromatic N) is 5. The average molecular weight is 396 g/mol. The van der Waals surface area contributed by atoms with Gasteiger partial charge in [0.2, 0.25) is 11.8 Å². The molecule has 2 fully saturated rings. The number of hydrogen-bond acceptors (Lipinski definition) is 5. The SMILES string of the molecule is C#CCCC1(CCNC(=O)C23CCCCC2C(=O)N(C)C3c2cnn(C)c2)N=N1. The van der Waals surface area contributed by atoms with Gasteiger partial charge < -0.3 is 10.2 Å². The summed E-state index contributed by atoms with van der Waals surface area (Å²) in [5.41, 5.74) is -0.258. The molecule has 3 aliphatic rings. The van der Waals surface area contributed by atoms with Gasteiger partial charge in [-0.3, -0.25) is 14.3 Å². The van der Waals surface area contributed by atoms with E-state index in [0.29, 0.717) is 32.2 Å². The van der Waals surface area contributed by atoms with Gasteiger partial charge in [-0.15, -0.1) is 12.3 Å². The molecule has 1 saturated heterocycles. The lowest BCUT2D eigenvalue weighted by Gasteiger charge is -2.40. The standard InChI is InChI=1S/C21H28N6O2/c1-4-5-9-20(24-25-20)11-12-22-19(29)21-10-7-6-8-16(21)18(28)27(3)17(21)15-13-23-26(2)14-15/h1,13-14,16-17H,5-12H2,2-3H3,(H,22,29). The van der Waals surface area contributed by atoms with Crippen LogP contribution in [0.2, 0.25) is 0 Å². The molecule has 0 spiro atoms. The van der Waals surface area contributed by atoms with Crippen LogP contribution in [0.25, 0.3) is 0 Å². The molecule has 1 aliphatic carbocycles. The van der Waals surface area contributed by atoms with Crippen LogP contribution in [0.5, 0.6) is 0 Å². The molecule has 1 aromatic heterocycles. The van der Waals surface area contributed by atoms with Crippen LogP contribution in [0.15, 0.2) is 22.6 Å². The fourth-order valence-corrected chi connectivity index (χ4v) is 5.29. The molecule has 29 heavy (non-hydrogen) atoms. The van der Waals surface area contributed by atoms with Crippen LogP contribution in [0.4, 0.5) is 0 Å². The predicted octanol–water partition coefficient (Wildman–Crippen LogP) is 2.19. The highest BCUT2D eigenvalue weighted by Gasteiger charge is 2.63. The van der Waals surface area contributed by atoms with Gasteiger partial charge in [0.25, 0.3) is 0 Å². The number of rotatable bonds is 7. The van der Waals surface area contributed by atoms with Crippen molar-refractivity contribution in [2.24, 2.45) is 28.6 Å². The number of aromatic nitrogens is 2. The smallest absolute Gasteiger partial charge is 0.229 e. The van der Waals surface area contributed by atoms with E-state index in [-0.39, 0.29) is 23.8 Å². The van der Waals surface area contributed by atoms with E-state index in [1.54, 1.807) is 15.8 Å². The number of aryl methyl sites for hydroxylation is 1. The molecule has 1 saturated carbocycles. The van der Waals surface area contributed by atoms with Crippen molar-refractivity contribution in [3.05, 3.63) is 18.0 Å². The molecule has 8 heteroatoms. The van der Waals surface area contributed by atoms with Gasteiger partial charge in [-0.1, -0.05) is 12.8 Å². The Morgan fingerprint density at radius 2 is 2.14 bits per heavy atom. The third-order valence-corrected chi connectivity index (χ3v) is 6.80. The van der Waals surface area contributed by atoms with Crippen LogP contribution in [-0.2, 0) is 16.6 Å². The number of hydrogen-bond donors (Lipinski definition) is 1. The summed E-state index contributed by atoms with van der Waals surface area (Å²) in [7, 11) is 3.66. The van der Waals surface area contributed by atoms with Crippen molar-refractivity contribution >= 4 is 11.8 Å².